The minimum Gasteiger partial charge on any atom is -0.475 e. The molecule has 2 amide bonds. The maximum atomic E-state index is 13.6. The number of aryl methyl sites for hydroxylation is 2. The van der Waals surface area contributed by atoms with Gasteiger partial charge >= 0.3 is 6.03 Å². The van der Waals surface area contributed by atoms with Crippen molar-refractivity contribution in [3.05, 3.63) is 83.6 Å². The summed E-state index contributed by atoms with van der Waals surface area (Å²) >= 11 is 13.0. The van der Waals surface area contributed by atoms with Crippen LogP contribution in [0.4, 0.5) is 39.2 Å². The highest BCUT2D eigenvalue weighted by molar-refractivity contribution is 6.34. The minimum atomic E-state index is -0.618. The Hall–Kier alpha value is -6.49. The number of urea groups is 1. The van der Waals surface area contributed by atoms with Crippen LogP contribution in [0.25, 0.3) is 22.5 Å². The number of nitrogens with zero attached hydrogens (tertiary/aromatic N) is 11. The third kappa shape index (κ3) is 11.1. The Bertz CT molecular complexity index is 2940. The van der Waals surface area contributed by atoms with Gasteiger partial charge in [-0.3, -0.25) is 14.3 Å². The second kappa shape index (κ2) is 20.2. The summed E-state index contributed by atoms with van der Waals surface area (Å²) in [5.41, 5.74) is 11.9. The van der Waals surface area contributed by atoms with Crippen LogP contribution >= 0.6 is 23.2 Å². The van der Waals surface area contributed by atoms with Crippen molar-refractivity contribution in [2.75, 3.05) is 83.7 Å². The number of ether oxygens (including phenoxy) is 6. The van der Waals surface area contributed by atoms with Crippen LogP contribution in [0.5, 0.6) is 11.8 Å². The molecule has 21 nitrogen and oxygen atoms in total. The van der Waals surface area contributed by atoms with Crippen molar-refractivity contribution in [3.8, 4) is 34.3 Å². The van der Waals surface area contributed by atoms with Gasteiger partial charge in [0.2, 0.25) is 11.8 Å². The van der Waals surface area contributed by atoms with E-state index >= 15 is 0 Å². The van der Waals surface area contributed by atoms with Gasteiger partial charge in [-0.05, 0) is 64.8 Å². The van der Waals surface area contributed by atoms with E-state index < -0.39 is 11.6 Å². The molecule has 12 heterocycles. The van der Waals surface area contributed by atoms with E-state index in [1.807, 2.05) is 66.3 Å². The van der Waals surface area contributed by atoms with E-state index in [2.05, 4.69) is 40.6 Å². The van der Waals surface area contributed by atoms with Gasteiger partial charge in [0.1, 0.15) is 25.4 Å². The summed E-state index contributed by atoms with van der Waals surface area (Å²) in [6.45, 7) is 12.9. The SMILES string of the molecule is CC1(C)OC[C@H](COc2cc(N)ccn2)O1.Cn1cc(-c2nc3c(cc2Cl)N2CC[C@@H](C2)N3)cn1.Cn1cc(-c2nc3c(cc2Cl)N2CC[C@@H](C2)N3C(=O)Nc2ccnc(OC[C@H]3COC(C)(C)O3)c2)cn1. The molecular weight excluding hydrogens is 968 g/mol. The molecule has 4 bridgehead atoms. The van der Waals surface area contributed by atoms with E-state index in [0.29, 0.717) is 77.2 Å². The molecule has 0 radical (unpaired) electrons. The summed E-state index contributed by atoms with van der Waals surface area (Å²) in [4.78, 5) is 37.8. The van der Waals surface area contributed by atoms with Gasteiger partial charge in [0.25, 0.3) is 0 Å². The Balaban J connectivity index is 0.000000141. The maximum absolute atomic E-state index is 13.6. The van der Waals surface area contributed by atoms with Crippen molar-refractivity contribution < 1.29 is 33.2 Å². The number of carbonyl (C=O) groups excluding carboxylic acids is 1. The van der Waals surface area contributed by atoms with Crippen molar-refractivity contribution in [1.82, 2.24) is 39.5 Å². The van der Waals surface area contributed by atoms with Gasteiger partial charge in [0.15, 0.2) is 23.2 Å². The van der Waals surface area contributed by atoms with Gasteiger partial charge in [0.05, 0.1) is 64.5 Å². The van der Waals surface area contributed by atoms with Crippen LogP contribution in [-0.4, -0.2) is 134 Å². The first kappa shape index (κ1) is 49.1. The second-order valence-electron chi connectivity index (χ2n) is 19.3. The molecule has 4 saturated heterocycles. The number of amides is 2. The third-order valence-electron chi connectivity index (χ3n) is 12.7. The molecule has 23 heteroatoms. The zero-order valence-corrected chi connectivity index (χ0v) is 42.4. The number of fused-ring (bicyclic) bond motifs is 8. The molecule has 0 aliphatic carbocycles. The van der Waals surface area contributed by atoms with Crippen molar-refractivity contribution in [2.45, 2.75) is 76.4 Å². The quantitative estimate of drug-likeness (QED) is 0.132. The number of nitrogens with two attached hydrogens (primary N) is 1. The lowest BCUT2D eigenvalue weighted by atomic mass is 10.1. The van der Waals surface area contributed by atoms with Crippen LogP contribution in [0.1, 0.15) is 40.5 Å². The van der Waals surface area contributed by atoms with Gasteiger partial charge < -0.3 is 54.6 Å². The number of pyridine rings is 4. The molecule has 0 spiro atoms. The topological polar surface area (TPSA) is 219 Å². The molecule has 12 rings (SSSR count). The minimum absolute atomic E-state index is 0.00310. The molecule has 380 valence electrons. The number of halogens is 2. The summed E-state index contributed by atoms with van der Waals surface area (Å²) in [5, 5.41) is 16.1. The van der Waals surface area contributed by atoms with Gasteiger partial charge in [-0.15, -0.1) is 0 Å². The first-order valence-electron chi connectivity index (χ1n) is 23.8. The van der Waals surface area contributed by atoms with Crippen LogP contribution in [0.3, 0.4) is 0 Å². The summed E-state index contributed by atoms with van der Waals surface area (Å²) in [7, 11) is 3.73. The first-order chi connectivity index (χ1) is 34.5. The fourth-order valence-electron chi connectivity index (χ4n) is 9.39. The molecule has 6 aliphatic rings. The maximum Gasteiger partial charge on any atom is 0.327 e. The van der Waals surface area contributed by atoms with Crippen LogP contribution in [0.2, 0.25) is 10.0 Å². The first-order valence-corrected chi connectivity index (χ1v) is 24.6. The predicted octanol–water partition coefficient (Wildman–Crippen LogP) is 7.03. The molecule has 4 atom stereocenters. The molecule has 72 heavy (non-hydrogen) atoms. The molecular formula is C49H58Cl2N14O7. The van der Waals surface area contributed by atoms with Gasteiger partial charge in [-0.2, -0.15) is 10.2 Å². The number of carbonyl (C=O) groups is 1. The van der Waals surface area contributed by atoms with Crippen molar-refractivity contribution in [3.63, 3.8) is 0 Å². The Morgan fingerprint density at radius 3 is 1.97 bits per heavy atom. The molecule has 4 fully saturated rings. The number of rotatable bonds is 9. The molecule has 6 aliphatic heterocycles. The molecule has 0 unspecified atom stereocenters. The fraction of sp³-hybridized carbons (Fsp3) is 0.449. The van der Waals surface area contributed by atoms with E-state index in [4.69, 9.17) is 67.3 Å². The summed E-state index contributed by atoms with van der Waals surface area (Å²) in [6, 6.07) is 11.0. The standard InChI is InChI=1S/C25H28ClN7O4.C13H14ClN5.C11H16N2O3/c1-25(2)36-14-18(37-25)13-35-21-8-16(4-6-27-21)29-24(34)33-17-5-7-32(12-17)20-9-19(26)22(30-23(20)33)15-10-28-31(3)11-15;1-18-6-8(5-15-18)12-10(14)4-11-13(17-12)16-9-2-3-19(11)7-9;1-11(2)15-7-9(16-11)6-14-10-5-8(12)3-4-13-10/h4,6,8-11,17-18H,5,7,12-14H2,1-3H3,(H,27,29,34);4-6,9H,2-3,7H2,1H3,(H,16,17);3-5,9H,6-7H2,1-2H3,(H2,12,13)/t17-,18-;2*9-/m000/s1. The predicted molar refractivity (Wildman–Crippen MR) is 273 cm³/mol. The lowest BCUT2D eigenvalue weighted by molar-refractivity contribution is -0.142. The lowest BCUT2D eigenvalue weighted by Gasteiger charge is -2.36. The number of anilines is 6. The highest BCUT2D eigenvalue weighted by Gasteiger charge is 2.41. The lowest BCUT2D eigenvalue weighted by Crippen LogP contribution is -2.48. The van der Waals surface area contributed by atoms with E-state index in [1.165, 1.54) is 0 Å². The van der Waals surface area contributed by atoms with Crippen LogP contribution in [0.15, 0.2) is 73.6 Å². The van der Waals surface area contributed by atoms with E-state index in [-0.39, 0.29) is 24.3 Å². The van der Waals surface area contributed by atoms with Crippen molar-refractivity contribution >= 4 is 63.6 Å². The van der Waals surface area contributed by atoms with Crippen LogP contribution in [0, 0.1) is 0 Å². The second-order valence-corrected chi connectivity index (χ2v) is 20.1. The summed E-state index contributed by atoms with van der Waals surface area (Å²) < 4.78 is 37.1. The van der Waals surface area contributed by atoms with Crippen molar-refractivity contribution in [1.29, 1.82) is 0 Å². The monoisotopic (exact) mass is 1020 g/mol. The van der Waals surface area contributed by atoms with Gasteiger partial charge in [-0.1, -0.05) is 23.2 Å². The normalized spacial score (nSPS) is 21.7. The molecule has 6 aromatic heterocycles. The number of hydrogen-bond donors (Lipinski definition) is 3. The number of nitrogen functional groups attached to an aromatic ring is 1. The highest BCUT2D eigenvalue weighted by atomic mass is 35.5. The number of aromatic nitrogens is 8. The smallest absolute Gasteiger partial charge is 0.327 e. The number of nitrogens with one attached hydrogen (secondary N) is 2. The van der Waals surface area contributed by atoms with Crippen molar-refractivity contribution in [2.24, 2.45) is 14.1 Å². The molecule has 4 N–H and O–H groups in total. The van der Waals surface area contributed by atoms with Crippen LogP contribution < -0.4 is 40.5 Å². The molecule has 0 saturated carbocycles. The Morgan fingerprint density at radius 1 is 0.792 bits per heavy atom. The van der Waals surface area contributed by atoms with E-state index in [1.54, 1.807) is 63.3 Å². The summed E-state index contributed by atoms with van der Waals surface area (Å²) in [6.07, 6.45) is 12.3. The van der Waals surface area contributed by atoms with Crippen LogP contribution in [-0.2, 0) is 33.0 Å². The van der Waals surface area contributed by atoms with E-state index in [9.17, 15) is 4.79 Å². The Morgan fingerprint density at radius 2 is 1.38 bits per heavy atom. The molecule has 0 aromatic carbocycles. The van der Waals surface area contributed by atoms with E-state index in [0.717, 1.165) is 73.0 Å². The third-order valence-corrected chi connectivity index (χ3v) is 13.3. The Kier molecular flexibility index (Phi) is 13.8. The average Bonchev–Trinajstić information content (AvgIpc) is 4.23. The number of hydrogen-bond acceptors (Lipinski definition) is 17. The average molecular weight is 1030 g/mol. The Labute approximate surface area is 426 Å². The fourth-order valence-corrected chi connectivity index (χ4v) is 9.90. The van der Waals surface area contributed by atoms with Gasteiger partial charge in [-0.25, -0.2) is 24.7 Å². The highest BCUT2D eigenvalue weighted by Crippen LogP contribution is 2.44. The largest absolute Gasteiger partial charge is 0.475 e. The summed E-state index contributed by atoms with van der Waals surface area (Å²) in [5.74, 6) is 1.29. The molecule has 6 aromatic rings. The zero-order valence-electron chi connectivity index (χ0n) is 40.9. The van der Waals surface area contributed by atoms with Gasteiger partial charge in [0, 0.05) is 106 Å². The zero-order chi connectivity index (χ0) is 50.3.